The Kier molecular flexibility index (Phi) is 2.73. The summed E-state index contributed by atoms with van der Waals surface area (Å²) in [5.41, 5.74) is -2.48. The van der Waals surface area contributed by atoms with E-state index in [1.807, 2.05) is 0 Å². The smallest absolute Gasteiger partial charge is 0.350 e. The van der Waals surface area contributed by atoms with Crippen LogP contribution in [0.15, 0.2) is 48.4 Å². The van der Waals surface area contributed by atoms with Crippen LogP contribution in [0.4, 0.5) is 0 Å². The molecule has 25 heavy (non-hydrogen) atoms. The van der Waals surface area contributed by atoms with Gasteiger partial charge in [-0.2, -0.15) is 0 Å². The Morgan fingerprint density at radius 1 is 1.12 bits per heavy atom. The summed E-state index contributed by atoms with van der Waals surface area (Å²) in [6, 6.07) is 2.54. The van der Waals surface area contributed by atoms with E-state index in [1.54, 1.807) is 0 Å². The number of halogens is 1. The number of benzene rings is 2. The number of esters is 1. The maximum Gasteiger partial charge on any atom is 0.350 e. The van der Waals surface area contributed by atoms with Gasteiger partial charge in [0.25, 0.3) is 0 Å². The van der Waals surface area contributed by atoms with Crippen LogP contribution in [0.25, 0.3) is 0 Å². The highest BCUT2D eigenvalue weighted by Crippen LogP contribution is 2.22. The summed E-state index contributed by atoms with van der Waals surface area (Å²) in [5.74, 6) is -2.29. The zero-order valence-corrected chi connectivity index (χ0v) is 14.1. The van der Waals surface area contributed by atoms with Gasteiger partial charge in [-0.05, 0) is 76.0 Å². The van der Waals surface area contributed by atoms with E-state index in [0.29, 0.717) is 0 Å². The molecule has 0 aliphatic heterocycles. The molecule has 2 aromatic carbocycles. The molecule has 2 aromatic rings. The first-order valence-corrected chi connectivity index (χ1v) is 7.36. The molecule has 0 unspecified atom stereocenters. The van der Waals surface area contributed by atoms with Crippen molar-refractivity contribution in [1.82, 2.24) is 0 Å². The van der Waals surface area contributed by atoms with Crippen molar-refractivity contribution in [1.29, 1.82) is 0 Å². The standard InChI is InChI=1S/C20H21ClO4/c1-13(2)24-19(23)20(3,4)25-17-11-7-15(8-12-17)18(22)14-5-9-16(21)10-6-14/h5-13H,1-4H3/i1D3,2D3,5D,6D,9D,10D,13D. The summed E-state index contributed by atoms with van der Waals surface area (Å²) in [6.07, 6.45) is -3.54. The molecule has 0 saturated carbocycles. The van der Waals surface area contributed by atoms with E-state index in [0.717, 1.165) is 13.8 Å². The highest BCUT2D eigenvalue weighted by Gasteiger charge is 2.32. The molecule has 0 atom stereocenters. The molecule has 5 heteroatoms. The van der Waals surface area contributed by atoms with Crippen molar-refractivity contribution in [3.63, 3.8) is 0 Å². The Hall–Kier alpha value is -2.33. The molecule has 0 amide bonds. The summed E-state index contributed by atoms with van der Waals surface area (Å²) < 4.78 is 93.4. The van der Waals surface area contributed by atoms with Crippen molar-refractivity contribution in [3.8, 4) is 5.75 Å². The van der Waals surface area contributed by atoms with E-state index in [9.17, 15) is 9.59 Å². The van der Waals surface area contributed by atoms with Crippen molar-refractivity contribution in [3.05, 3.63) is 64.6 Å². The lowest BCUT2D eigenvalue weighted by Gasteiger charge is -2.25. The molecule has 0 saturated heterocycles. The van der Waals surface area contributed by atoms with E-state index in [2.05, 4.69) is 4.74 Å². The molecule has 132 valence electrons. The van der Waals surface area contributed by atoms with Crippen LogP contribution in [0.5, 0.6) is 5.75 Å². The van der Waals surface area contributed by atoms with Gasteiger partial charge in [0.05, 0.1) is 12.9 Å². The number of carbonyl (C=O) groups is 2. The number of hydrogen-bond donors (Lipinski definition) is 0. The Balaban J connectivity index is 2.30. The first kappa shape index (κ1) is 8.86. The van der Waals surface area contributed by atoms with Crippen LogP contribution in [0.3, 0.4) is 0 Å². The lowest BCUT2D eigenvalue weighted by molar-refractivity contribution is -0.163. The fourth-order valence-corrected chi connectivity index (χ4v) is 1.88. The second-order valence-electron chi connectivity index (χ2n) is 5.37. The van der Waals surface area contributed by atoms with Gasteiger partial charge < -0.3 is 9.47 Å². The lowest BCUT2D eigenvalue weighted by Crippen LogP contribution is -2.40. The molecule has 0 aliphatic carbocycles. The second-order valence-corrected chi connectivity index (χ2v) is 5.75. The first-order valence-electron chi connectivity index (χ1n) is 12.5. The van der Waals surface area contributed by atoms with E-state index >= 15 is 0 Å². The SMILES string of the molecule is [2H]c1c([2H])c(C(=O)c2ccc(OC(C)(C)C(=O)OC([2H])(C([2H])([2H])[2H])C([2H])([2H])[2H])cc2)c([2H])c([2H])c1Cl. The Labute approximate surface area is 168 Å². The summed E-state index contributed by atoms with van der Waals surface area (Å²) in [5, 5.41) is -0.423. The van der Waals surface area contributed by atoms with Gasteiger partial charge in [-0.15, -0.1) is 0 Å². The zero-order chi connectivity index (χ0) is 28.0. The van der Waals surface area contributed by atoms with Gasteiger partial charge in [0.2, 0.25) is 0 Å². The van der Waals surface area contributed by atoms with Crippen molar-refractivity contribution in [2.45, 2.75) is 39.2 Å². The molecule has 0 fully saturated rings. The van der Waals surface area contributed by atoms with Gasteiger partial charge in [-0.25, -0.2) is 4.79 Å². The van der Waals surface area contributed by atoms with E-state index < -0.39 is 71.9 Å². The van der Waals surface area contributed by atoms with Gasteiger partial charge >= 0.3 is 5.97 Å². The Bertz CT molecular complexity index is 1150. The van der Waals surface area contributed by atoms with Crippen molar-refractivity contribution in [2.75, 3.05) is 0 Å². The van der Waals surface area contributed by atoms with Gasteiger partial charge in [0.1, 0.15) is 5.75 Å². The largest absolute Gasteiger partial charge is 0.476 e. The van der Waals surface area contributed by atoms with Crippen molar-refractivity contribution in [2.24, 2.45) is 0 Å². The third-order valence-corrected chi connectivity index (χ3v) is 3.19. The average Bonchev–Trinajstić information content (AvgIpc) is 2.75. The van der Waals surface area contributed by atoms with Crippen LogP contribution in [0.2, 0.25) is 5.02 Å². The first-order chi connectivity index (χ1) is 16.2. The summed E-state index contributed by atoms with van der Waals surface area (Å²) in [4.78, 5) is 25.5. The van der Waals surface area contributed by atoms with Crippen LogP contribution in [-0.4, -0.2) is 23.4 Å². The summed E-state index contributed by atoms with van der Waals surface area (Å²) in [6.45, 7) is -4.66. The number of ketones is 1. The molecule has 2 rings (SSSR count). The lowest BCUT2D eigenvalue weighted by atomic mass is 10.0. The highest BCUT2D eigenvalue weighted by atomic mass is 35.5. The topological polar surface area (TPSA) is 52.6 Å². The minimum atomic E-state index is -3.54. The fourth-order valence-electron chi connectivity index (χ4n) is 1.78. The zero-order valence-electron chi connectivity index (χ0n) is 24.3. The molecule has 0 aliphatic rings. The van der Waals surface area contributed by atoms with Crippen molar-refractivity contribution < 1.29 is 34.1 Å². The summed E-state index contributed by atoms with van der Waals surface area (Å²) >= 11 is 5.75. The molecule has 4 nitrogen and oxygen atoms in total. The van der Waals surface area contributed by atoms with E-state index in [4.69, 9.17) is 31.4 Å². The summed E-state index contributed by atoms with van der Waals surface area (Å²) in [7, 11) is 0. The average molecular weight is 372 g/mol. The van der Waals surface area contributed by atoms with Gasteiger partial charge in [0.15, 0.2) is 11.4 Å². The molecule has 0 radical (unpaired) electrons. The third kappa shape index (κ3) is 5.07. The molecule has 0 bridgehead atoms. The van der Waals surface area contributed by atoms with E-state index in [1.165, 1.54) is 24.3 Å². The number of rotatable bonds is 6. The molecular weight excluding hydrogens is 340 g/mol. The monoisotopic (exact) mass is 371 g/mol. The fraction of sp³-hybridized carbons (Fsp3) is 0.300. The van der Waals surface area contributed by atoms with E-state index in [-0.39, 0.29) is 11.3 Å². The maximum absolute atomic E-state index is 12.9. The maximum atomic E-state index is 12.9. The molecule has 0 spiro atoms. The van der Waals surface area contributed by atoms with Gasteiger partial charge in [-0.3, -0.25) is 4.79 Å². The predicted molar refractivity (Wildman–Crippen MR) is 97.3 cm³/mol. The minimum Gasteiger partial charge on any atom is -0.476 e. The predicted octanol–water partition coefficient (Wildman–Crippen LogP) is 4.68. The van der Waals surface area contributed by atoms with Crippen molar-refractivity contribution >= 4 is 23.4 Å². The Morgan fingerprint density at radius 3 is 2.28 bits per heavy atom. The normalized spacial score (nSPS) is 19.1. The minimum absolute atomic E-state index is 0.0255. The van der Waals surface area contributed by atoms with Crippen LogP contribution in [0.1, 0.15) is 58.6 Å². The molecular formula is C20H21ClO4. The number of ether oxygens (including phenoxy) is 2. The second kappa shape index (κ2) is 7.70. The van der Waals surface area contributed by atoms with Gasteiger partial charge in [-0.1, -0.05) is 11.6 Å². The Morgan fingerprint density at radius 2 is 1.72 bits per heavy atom. The molecule has 0 N–H and O–H groups in total. The van der Waals surface area contributed by atoms with Crippen LogP contribution in [-0.2, 0) is 9.53 Å². The third-order valence-electron chi connectivity index (χ3n) is 3.00. The number of hydrogen-bond acceptors (Lipinski definition) is 4. The molecule has 0 aromatic heterocycles. The van der Waals surface area contributed by atoms with Crippen LogP contribution < -0.4 is 4.74 Å². The van der Waals surface area contributed by atoms with Crippen LogP contribution in [0, 0.1) is 0 Å². The molecule has 0 heterocycles. The quantitative estimate of drug-likeness (QED) is 0.546. The van der Waals surface area contributed by atoms with Crippen LogP contribution >= 0.6 is 11.6 Å². The highest BCUT2D eigenvalue weighted by molar-refractivity contribution is 6.30. The van der Waals surface area contributed by atoms with Gasteiger partial charge in [0, 0.05) is 24.4 Å². The number of carbonyl (C=O) groups excluding carboxylic acids is 2.